The molecule has 2 rings (SSSR count). The van der Waals surface area contributed by atoms with Crippen LogP contribution in [-0.4, -0.2) is 29.1 Å². The van der Waals surface area contributed by atoms with E-state index in [0.717, 1.165) is 18.7 Å². The maximum atomic E-state index is 11.6. The van der Waals surface area contributed by atoms with Crippen LogP contribution in [0.15, 0.2) is 23.1 Å². The highest BCUT2D eigenvalue weighted by Gasteiger charge is 2.21. The Kier molecular flexibility index (Phi) is 2.91. The van der Waals surface area contributed by atoms with Gasteiger partial charge in [0.15, 0.2) is 0 Å². The van der Waals surface area contributed by atoms with Gasteiger partial charge >= 0.3 is 0 Å². The first-order chi connectivity index (χ1) is 7.16. The van der Waals surface area contributed by atoms with E-state index in [4.69, 9.17) is 0 Å². The Morgan fingerprint density at radius 3 is 2.93 bits per heavy atom. The molecule has 1 aliphatic rings. The van der Waals surface area contributed by atoms with E-state index >= 15 is 0 Å². The van der Waals surface area contributed by atoms with E-state index in [-0.39, 0.29) is 5.56 Å². The van der Waals surface area contributed by atoms with Crippen LogP contribution in [0.2, 0.25) is 0 Å². The van der Waals surface area contributed by atoms with Gasteiger partial charge in [0, 0.05) is 24.8 Å². The number of rotatable bonds is 2. The number of likely N-dealkylation sites (tertiary alicyclic amines) is 1. The smallest absolute Gasteiger partial charge is 0.250 e. The average molecular weight is 206 g/mol. The zero-order valence-corrected chi connectivity index (χ0v) is 9.44. The maximum absolute atomic E-state index is 11.6. The zero-order chi connectivity index (χ0) is 10.8. The average Bonchev–Trinajstić information content (AvgIpc) is 2.58. The van der Waals surface area contributed by atoms with Crippen molar-refractivity contribution in [2.75, 3.05) is 13.6 Å². The first-order valence-corrected chi connectivity index (χ1v) is 5.54. The van der Waals surface area contributed by atoms with Gasteiger partial charge in [0.1, 0.15) is 0 Å². The maximum Gasteiger partial charge on any atom is 0.250 e. The lowest BCUT2D eigenvalue weighted by molar-refractivity contribution is 0.280. The zero-order valence-electron chi connectivity index (χ0n) is 9.44. The third kappa shape index (κ3) is 2.29. The molecule has 0 amide bonds. The summed E-state index contributed by atoms with van der Waals surface area (Å²) >= 11 is 0. The second kappa shape index (κ2) is 4.19. The number of pyridine rings is 1. The quantitative estimate of drug-likeness (QED) is 0.727. The Morgan fingerprint density at radius 1 is 1.47 bits per heavy atom. The summed E-state index contributed by atoms with van der Waals surface area (Å²) in [5.74, 6) is 0. The van der Waals surface area contributed by atoms with Gasteiger partial charge < -0.3 is 9.47 Å². The van der Waals surface area contributed by atoms with E-state index in [1.807, 2.05) is 23.8 Å². The molecule has 1 atom stereocenters. The molecule has 15 heavy (non-hydrogen) atoms. The molecule has 3 nitrogen and oxygen atoms in total. The first-order valence-electron chi connectivity index (χ1n) is 5.54. The highest BCUT2D eigenvalue weighted by atomic mass is 16.1. The van der Waals surface area contributed by atoms with Crippen LogP contribution < -0.4 is 5.56 Å². The molecule has 0 bridgehead atoms. The summed E-state index contributed by atoms with van der Waals surface area (Å²) < 4.78 is 1.84. The molecule has 1 fully saturated rings. The van der Waals surface area contributed by atoms with Crippen LogP contribution in [0, 0.1) is 6.92 Å². The number of nitrogens with zero attached hydrogens (tertiary/aromatic N) is 2. The van der Waals surface area contributed by atoms with Gasteiger partial charge in [-0.1, -0.05) is 6.07 Å². The van der Waals surface area contributed by atoms with E-state index < -0.39 is 0 Å². The minimum atomic E-state index is 0.112. The summed E-state index contributed by atoms with van der Waals surface area (Å²) in [6.07, 6.45) is 4.41. The van der Waals surface area contributed by atoms with Crippen molar-refractivity contribution in [3.05, 3.63) is 34.2 Å². The number of hydrogen-bond donors (Lipinski definition) is 0. The van der Waals surface area contributed by atoms with Crippen LogP contribution >= 0.6 is 0 Å². The molecule has 1 aromatic heterocycles. The van der Waals surface area contributed by atoms with Crippen LogP contribution in [0.4, 0.5) is 0 Å². The van der Waals surface area contributed by atoms with Crippen LogP contribution in [0.5, 0.6) is 0 Å². The molecule has 0 aromatic carbocycles. The topological polar surface area (TPSA) is 25.2 Å². The van der Waals surface area contributed by atoms with Crippen molar-refractivity contribution in [2.45, 2.75) is 32.4 Å². The van der Waals surface area contributed by atoms with Gasteiger partial charge in [-0.25, -0.2) is 0 Å². The van der Waals surface area contributed by atoms with Crippen molar-refractivity contribution < 1.29 is 0 Å². The van der Waals surface area contributed by atoms with E-state index in [9.17, 15) is 4.79 Å². The fraction of sp³-hybridized carbons (Fsp3) is 0.583. The molecule has 0 aliphatic carbocycles. The van der Waals surface area contributed by atoms with Crippen molar-refractivity contribution in [3.63, 3.8) is 0 Å². The van der Waals surface area contributed by atoms with Crippen LogP contribution in [0.3, 0.4) is 0 Å². The third-order valence-electron chi connectivity index (χ3n) is 3.21. The Hall–Kier alpha value is -1.09. The van der Waals surface area contributed by atoms with Crippen molar-refractivity contribution >= 4 is 0 Å². The summed E-state index contributed by atoms with van der Waals surface area (Å²) in [5, 5.41) is 0. The molecule has 82 valence electrons. The standard InChI is InChI=1S/C12H18N2O/c1-10-5-6-12(15)14(8-10)9-11-4-3-7-13(11)2/h5-6,8,11H,3-4,7,9H2,1-2H3. The minimum absolute atomic E-state index is 0.112. The van der Waals surface area contributed by atoms with Gasteiger partial charge in [-0.2, -0.15) is 0 Å². The van der Waals surface area contributed by atoms with Gasteiger partial charge in [-0.3, -0.25) is 4.79 Å². The van der Waals surface area contributed by atoms with Gasteiger partial charge in [-0.05, 0) is 38.9 Å². The fourth-order valence-electron chi connectivity index (χ4n) is 2.23. The first kappa shape index (κ1) is 10.4. The molecule has 0 radical (unpaired) electrons. The van der Waals surface area contributed by atoms with Crippen molar-refractivity contribution in [2.24, 2.45) is 0 Å². The van der Waals surface area contributed by atoms with Crippen molar-refractivity contribution in [1.82, 2.24) is 9.47 Å². The highest BCUT2D eigenvalue weighted by molar-refractivity contribution is 5.07. The number of likely N-dealkylation sites (N-methyl/N-ethyl adjacent to an activating group) is 1. The van der Waals surface area contributed by atoms with Crippen LogP contribution in [0.1, 0.15) is 18.4 Å². The van der Waals surface area contributed by atoms with Gasteiger partial charge in [-0.15, -0.1) is 0 Å². The summed E-state index contributed by atoms with van der Waals surface area (Å²) in [5.41, 5.74) is 1.26. The Balaban J connectivity index is 2.16. The monoisotopic (exact) mass is 206 g/mol. The molecule has 0 saturated carbocycles. The van der Waals surface area contributed by atoms with Crippen LogP contribution in [0.25, 0.3) is 0 Å². The van der Waals surface area contributed by atoms with Crippen molar-refractivity contribution in [3.8, 4) is 0 Å². The molecule has 1 saturated heterocycles. The number of hydrogen-bond acceptors (Lipinski definition) is 2. The largest absolute Gasteiger partial charge is 0.314 e. The summed E-state index contributed by atoms with van der Waals surface area (Å²) in [7, 11) is 2.14. The van der Waals surface area contributed by atoms with E-state index in [0.29, 0.717) is 6.04 Å². The Labute approximate surface area is 90.3 Å². The second-order valence-corrected chi connectivity index (χ2v) is 4.47. The molecule has 1 aliphatic heterocycles. The Morgan fingerprint density at radius 2 is 2.27 bits per heavy atom. The van der Waals surface area contributed by atoms with Crippen molar-refractivity contribution in [1.29, 1.82) is 0 Å². The van der Waals surface area contributed by atoms with E-state index in [1.165, 1.54) is 12.8 Å². The third-order valence-corrected chi connectivity index (χ3v) is 3.21. The van der Waals surface area contributed by atoms with Gasteiger partial charge in [0.25, 0.3) is 5.56 Å². The normalized spacial score (nSPS) is 22.1. The number of aryl methyl sites for hydroxylation is 1. The van der Waals surface area contributed by atoms with E-state index in [1.54, 1.807) is 6.07 Å². The fourth-order valence-corrected chi connectivity index (χ4v) is 2.23. The highest BCUT2D eigenvalue weighted by Crippen LogP contribution is 2.15. The Bertz CT molecular complexity index is 397. The SMILES string of the molecule is Cc1ccc(=O)n(CC2CCCN2C)c1. The minimum Gasteiger partial charge on any atom is -0.314 e. The lowest BCUT2D eigenvalue weighted by Gasteiger charge is -2.20. The summed E-state index contributed by atoms with van der Waals surface area (Å²) in [4.78, 5) is 14.0. The molecule has 1 aromatic rings. The lowest BCUT2D eigenvalue weighted by atomic mass is 10.2. The van der Waals surface area contributed by atoms with Gasteiger partial charge in [0.05, 0.1) is 0 Å². The molecule has 0 spiro atoms. The van der Waals surface area contributed by atoms with E-state index in [2.05, 4.69) is 11.9 Å². The predicted octanol–water partition coefficient (Wildman–Crippen LogP) is 1.25. The van der Waals surface area contributed by atoms with Gasteiger partial charge in [0.2, 0.25) is 0 Å². The second-order valence-electron chi connectivity index (χ2n) is 4.47. The molecule has 2 heterocycles. The number of aromatic nitrogens is 1. The lowest BCUT2D eigenvalue weighted by Crippen LogP contribution is -2.33. The molecular weight excluding hydrogens is 188 g/mol. The van der Waals surface area contributed by atoms with Crippen LogP contribution in [-0.2, 0) is 6.54 Å². The molecule has 3 heteroatoms. The molecular formula is C12H18N2O. The summed E-state index contributed by atoms with van der Waals surface area (Å²) in [6.45, 7) is 4.01. The summed E-state index contributed by atoms with van der Waals surface area (Å²) in [6, 6.07) is 4.06. The molecule has 1 unspecified atom stereocenters. The predicted molar refractivity (Wildman–Crippen MR) is 61.1 cm³/mol. The molecule has 0 N–H and O–H groups in total.